The Kier molecular flexibility index (Phi) is 6.51. The number of carboxylic acids is 1. The van der Waals surface area contributed by atoms with E-state index in [1.165, 1.54) is 30.7 Å². The third-order valence-corrected chi connectivity index (χ3v) is 6.48. The van der Waals surface area contributed by atoms with Gasteiger partial charge in [-0.05, 0) is 66.7 Å². The fraction of sp³-hybridized carbons (Fsp3) is 0.0417. The summed E-state index contributed by atoms with van der Waals surface area (Å²) in [4.78, 5) is 11.8. The van der Waals surface area contributed by atoms with E-state index in [4.69, 9.17) is 15.9 Å². The molecular weight excluding hydrogens is 470 g/mol. The van der Waals surface area contributed by atoms with Crippen molar-refractivity contribution in [3.05, 3.63) is 90.4 Å². The van der Waals surface area contributed by atoms with Crippen molar-refractivity contribution in [2.45, 2.75) is 11.4 Å². The first-order valence-electron chi connectivity index (χ1n) is 10.4. The standard InChI is InChI=1S/C24H23N5O5S/c25-16-1-5-18(6-2-16)28-22-12-21(27-13-15-9-10-34-14-15)20(24(30)31)11-23(22)35(32,33)29-19-7-3-17(26)4-8-19/h1-12,14,27-29H,13,25-26H2,(H,30,31). The van der Waals surface area contributed by atoms with Gasteiger partial charge in [-0.1, -0.05) is 0 Å². The number of anilines is 6. The van der Waals surface area contributed by atoms with Gasteiger partial charge in [0.2, 0.25) is 0 Å². The van der Waals surface area contributed by atoms with Gasteiger partial charge >= 0.3 is 5.97 Å². The minimum atomic E-state index is -4.20. The van der Waals surface area contributed by atoms with Gasteiger partial charge in [0, 0.05) is 34.9 Å². The molecule has 11 heteroatoms. The van der Waals surface area contributed by atoms with E-state index in [0.29, 0.717) is 17.1 Å². The van der Waals surface area contributed by atoms with Crippen LogP contribution in [0.5, 0.6) is 0 Å². The van der Waals surface area contributed by atoms with Crippen molar-refractivity contribution in [3.8, 4) is 0 Å². The lowest BCUT2D eigenvalue weighted by molar-refractivity contribution is 0.0697. The van der Waals surface area contributed by atoms with E-state index in [-0.39, 0.29) is 34.1 Å². The first-order chi connectivity index (χ1) is 16.7. The van der Waals surface area contributed by atoms with Crippen molar-refractivity contribution >= 4 is 50.1 Å². The number of carboxylic acid groups (broad SMARTS) is 1. The fourth-order valence-corrected chi connectivity index (χ4v) is 4.53. The summed E-state index contributed by atoms with van der Waals surface area (Å²) in [5, 5.41) is 15.9. The quantitative estimate of drug-likeness (QED) is 0.186. The molecule has 4 aromatic rings. The molecule has 0 unspecified atom stereocenters. The van der Waals surface area contributed by atoms with E-state index in [0.717, 1.165) is 11.6 Å². The molecule has 4 rings (SSSR count). The Morgan fingerprint density at radius 2 is 1.51 bits per heavy atom. The number of sulfonamides is 1. The number of hydrogen-bond acceptors (Lipinski definition) is 8. The van der Waals surface area contributed by atoms with E-state index >= 15 is 0 Å². The molecule has 0 radical (unpaired) electrons. The number of aromatic carboxylic acids is 1. The van der Waals surface area contributed by atoms with E-state index in [9.17, 15) is 18.3 Å². The molecule has 0 spiro atoms. The smallest absolute Gasteiger partial charge is 0.337 e. The van der Waals surface area contributed by atoms with Gasteiger partial charge in [-0.15, -0.1) is 0 Å². The topological polar surface area (TPSA) is 173 Å². The van der Waals surface area contributed by atoms with Gasteiger partial charge in [0.1, 0.15) is 4.90 Å². The first-order valence-corrected chi connectivity index (χ1v) is 11.9. The van der Waals surface area contributed by atoms with Crippen LogP contribution in [0.2, 0.25) is 0 Å². The monoisotopic (exact) mass is 493 g/mol. The number of carbonyl (C=O) groups is 1. The van der Waals surface area contributed by atoms with Gasteiger partial charge in [0.05, 0.1) is 29.5 Å². The van der Waals surface area contributed by atoms with Crippen LogP contribution < -0.4 is 26.8 Å². The molecule has 8 N–H and O–H groups in total. The van der Waals surface area contributed by atoms with Crippen LogP contribution in [0.1, 0.15) is 15.9 Å². The maximum absolute atomic E-state index is 13.4. The summed E-state index contributed by atoms with van der Waals surface area (Å²) in [7, 11) is -4.20. The van der Waals surface area contributed by atoms with Crippen molar-refractivity contribution in [1.29, 1.82) is 0 Å². The van der Waals surface area contributed by atoms with Gasteiger partial charge in [-0.25, -0.2) is 13.2 Å². The Bertz CT molecular complexity index is 1440. The Labute approximate surface area is 201 Å². The number of nitrogens with one attached hydrogen (secondary N) is 3. The lowest BCUT2D eigenvalue weighted by atomic mass is 10.1. The number of hydrogen-bond donors (Lipinski definition) is 6. The summed E-state index contributed by atoms with van der Waals surface area (Å²) in [6.45, 7) is 0.272. The average Bonchev–Trinajstić information content (AvgIpc) is 3.34. The van der Waals surface area contributed by atoms with Crippen LogP contribution >= 0.6 is 0 Å². The van der Waals surface area contributed by atoms with Crippen LogP contribution in [0.15, 0.2) is 88.6 Å². The third-order valence-electron chi connectivity index (χ3n) is 5.06. The molecule has 0 saturated heterocycles. The molecule has 0 aliphatic rings. The van der Waals surface area contributed by atoms with Crippen molar-refractivity contribution in [1.82, 2.24) is 0 Å². The maximum atomic E-state index is 13.4. The lowest BCUT2D eigenvalue weighted by Gasteiger charge is -2.18. The Morgan fingerprint density at radius 1 is 0.886 bits per heavy atom. The van der Waals surface area contributed by atoms with Crippen LogP contribution in [0.25, 0.3) is 0 Å². The first kappa shape index (κ1) is 23.5. The zero-order valence-electron chi connectivity index (χ0n) is 18.4. The molecule has 0 saturated carbocycles. The number of nitrogen functional groups attached to an aromatic ring is 2. The molecular formula is C24H23N5O5S. The van der Waals surface area contributed by atoms with Crippen molar-refractivity contribution in [3.63, 3.8) is 0 Å². The summed E-state index contributed by atoms with van der Waals surface area (Å²) >= 11 is 0. The molecule has 10 nitrogen and oxygen atoms in total. The molecule has 180 valence electrons. The highest BCUT2D eigenvalue weighted by Crippen LogP contribution is 2.33. The zero-order chi connectivity index (χ0) is 25.0. The number of benzene rings is 3. The molecule has 35 heavy (non-hydrogen) atoms. The van der Waals surface area contributed by atoms with Crippen LogP contribution in [-0.2, 0) is 16.6 Å². The van der Waals surface area contributed by atoms with Gasteiger partial charge < -0.3 is 31.6 Å². The van der Waals surface area contributed by atoms with Crippen molar-refractivity contribution in [2.75, 3.05) is 26.8 Å². The van der Waals surface area contributed by atoms with Crippen LogP contribution in [0, 0.1) is 0 Å². The Morgan fingerprint density at radius 3 is 2.09 bits per heavy atom. The molecule has 0 amide bonds. The molecule has 1 aromatic heterocycles. The highest BCUT2D eigenvalue weighted by Gasteiger charge is 2.24. The molecule has 0 bridgehead atoms. The van der Waals surface area contributed by atoms with E-state index in [2.05, 4.69) is 15.4 Å². The number of rotatable bonds is 9. The second-order valence-corrected chi connectivity index (χ2v) is 9.31. The molecule has 0 aliphatic heterocycles. The minimum absolute atomic E-state index is 0.164. The van der Waals surface area contributed by atoms with Crippen LogP contribution in [0.4, 0.5) is 34.1 Å². The van der Waals surface area contributed by atoms with Gasteiger partial charge in [0.25, 0.3) is 10.0 Å². The van der Waals surface area contributed by atoms with Gasteiger partial charge in [0.15, 0.2) is 0 Å². The van der Waals surface area contributed by atoms with Crippen LogP contribution in [0.3, 0.4) is 0 Å². The normalized spacial score (nSPS) is 11.1. The second kappa shape index (κ2) is 9.69. The average molecular weight is 494 g/mol. The number of nitrogens with two attached hydrogens (primary N) is 2. The van der Waals surface area contributed by atoms with E-state index < -0.39 is 16.0 Å². The second-order valence-electron chi connectivity index (χ2n) is 7.66. The minimum Gasteiger partial charge on any atom is -0.478 e. The predicted octanol–water partition coefficient (Wildman–Crippen LogP) is 4.30. The third kappa shape index (κ3) is 5.65. The van der Waals surface area contributed by atoms with E-state index in [1.54, 1.807) is 42.5 Å². The number of furan rings is 1. The van der Waals surface area contributed by atoms with Crippen molar-refractivity contribution in [2.24, 2.45) is 0 Å². The summed E-state index contributed by atoms with van der Waals surface area (Å²) in [5.41, 5.74) is 14.2. The molecule has 3 aromatic carbocycles. The maximum Gasteiger partial charge on any atom is 0.337 e. The largest absolute Gasteiger partial charge is 0.478 e. The highest BCUT2D eigenvalue weighted by atomic mass is 32.2. The summed E-state index contributed by atoms with van der Waals surface area (Å²) < 4.78 is 34.2. The summed E-state index contributed by atoms with van der Waals surface area (Å²) in [6, 6.07) is 17.1. The predicted molar refractivity (Wildman–Crippen MR) is 135 cm³/mol. The fourth-order valence-electron chi connectivity index (χ4n) is 3.30. The lowest BCUT2D eigenvalue weighted by Crippen LogP contribution is -2.17. The van der Waals surface area contributed by atoms with E-state index in [1.807, 2.05) is 0 Å². The Hall–Kier alpha value is -4.64. The van der Waals surface area contributed by atoms with Crippen LogP contribution in [-0.4, -0.2) is 19.5 Å². The Balaban J connectivity index is 1.78. The van der Waals surface area contributed by atoms with Gasteiger partial charge in [-0.3, -0.25) is 4.72 Å². The van der Waals surface area contributed by atoms with Crippen molar-refractivity contribution < 1.29 is 22.7 Å². The zero-order valence-corrected chi connectivity index (χ0v) is 19.2. The highest BCUT2D eigenvalue weighted by molar-refractivity contribution is 7.92. The molecule has 0 fully saturated rings. The molecule has 0 atom stereocenters. The molecule has 0 aliphatic carbocycles. The summed E-state index contributed by atoms with van der Waals surface area (Å²) in [6.07, 6.45) is 3.03. The molecule has 1 heterocycles. The SMILES string of the molecule is Nc1ccc(Nc2cc(NCc3ccoc3)c(C(=O)O)cc2S(=O)(=O)Nc2ccc(N)cc2)cc1. The van der Waals surface area contributed by atoms with Gasteiger partial charge in [-0.2, -0.15) is 0 Å². The summed E-state index contributed by atoms with van der Waals surface area (Å²) in [5.74, 6) is -1.29.